The van der Waals surface area contributed by atoms with Crippen LogP contribution in [0.5, 0.6) is 11.5 Å². The van der Waals surface area contributed by atoms with Crippen LogP contribution in [0.1, 0.15) is 11.1 Å². The molecule has 2 aromatic carbocycles. The van der Waals surface area contributed by atoms with Crippen LogP contribution in [0.3, 0.4) is 0 Å². The van der Waals surface area contributed by atoms with Gasteiger partial charge in [-0.05, 0) is 35.9 Å². The van der Waals surface area contributed by atoms with E-state index in [9.17, 15) is 5.11 Å². The first kappa shape index (κ1) is 11.0. The monoisotopic (exact) mass is 225 g/mol. The van der Waals surface area contributed by atoms with Crippen molar-refractivity contribution in [2.75, 3.05) is 0 Å². The fourth-order valence-corrected chi connectivity index (χ4v) is 1.47. The van der Waals surface area contributed by atoms with E-state index in [1.165, 1.54) is 0 Å². The molecule has 84 valence electrons. The smallest absolute Gasteiger partial charge is 0.121 e. The molecular weight excluding hydrogens is 214 g/mol. The van der Waals surface area contributed by atoms with Crippen molar-refractivity contribution >= 4 is 0 Å². The van der Waals surface area contributed by atoms with E-state index in [1.54, 1.807) is 42.5 Å². The molecule has 2 aromatic rings. The van der Waals surface area contributed by atoms with Crippen LogP contribution in [-0.4, -0.2) is 5.11 Å². The summed E-state index contributed by atoms with van der Waals surface area (Å²) >= 11 is 0. The Balaban J connectivity index is 2.05. The van der Waals surface area contributed by atoms with Crippen LogP contribution < -0.4 is 4.74 Å². The Morgan fingerprint density at radius 2 is 1.94 bits per heavy atom. The van der Waals surface area contributed by atoms with Gasteiger partial charge in [-0.2, -0.15) is 5.26 Å². The van der Waals surface area contributed by atoms with Crippen LogP contribution in [0.25, 0.3) is 0 Å². The highest BCUT2D eigenvalue weighted by atomic mass is 16.5. The third-order valence-corrected chi connectivity index (χ3v) is 2.28. The number of hydrogen-bond acceptors (Lipinski definition) is 3. The highest BCUT2D eigenvalue weighted by Crippen LogP contribution is 2.16. The number of phenols is 1. The van der Waals surface area contributed by atoms with Crippen LogP contribution in [0.2, 0.25) is 0 Å². The molecule has 0 aliphatic carbocycles. The van der Waals surface area contributed by atoms with Crippen LogP contribution in [0, 0.1) is 11.3 Å². The van der Waals surface area contributed by atoms with E-state index in [0.29, 0.717) is 17.9 Å². The Kier molecular flexibility index (Phi) is 3.27. The molecule has 0 aromatic heterocycles. The summed E-state index contributed by atoms with van der Waals surface area (Å²) in [6, 6.07) is 15.9. The minimum absolute atomic E-state index is 0.219. The highest BCUT2D eigenvalue weighted by molar-refractivity contribution is 5.36. The lowest BCUT2D eigenvalue weighted by Gasteiger charge is -2.06. The van der Waals surface area contributed by atoms with Gasteiger partial charge in [0, 0.05) is 0 Å². The number of nitrogens with zero attached hydrogens (tertiary/aromatic N) is 1. The van der Waals surface area contributed by atoms with Crippen LogP contribution in [-0.2, 0) is 6.61 Å². The molecule has 0 saturated heterocycles. The first-order chi connectivity index (χ1) is 8.28. The van der Waals surface area contributed by atoms with E-state index >= 15 is 0 Å². The summed E-state index contributed by atoms with van der Waals surface area (Å²) < 4.78 is 5.53. The van der Waals surface area contributed by atoms with Gasteiger partial charge in [0.25, 0.3) is 0 Å². The lowest BCUT2D eigenvalue weighted by molar-refractivity contribution is 0.305. The van der Waals surface area contributed by atoms with Gasteiger partial charge in [-0.25, -0.2) is 0 Å². The van der Waals surface area contributed by atoms with Crippen molar-refractivity contribution in [2.24, 2.45) is 0 Å². The fourth-order valence-electron chi connectivity index (χ4n) is 1.47. The number of aromatic hydroxyl groups is 1. The van der Waals surface area contributed by atoms with Gasteiger partial charge in [-0.3, -0.25) is 0 Å². The molecule has 0 heterocycles. The molecule has 0 amide bonds. The zero-order valence-corrected chi connectivity index (χ0v) is 9.13. The van der Waals surface area contributed by atoms with Crippen molar-refractivity contribution < 1.29 is 9.84 Å². The van der Waals surface area contributed by atoms with Crippen LogP contribution in [0.15, 0.2) is 48.5 Å². The molecule has 2 rings (SSSR count). The maximum atomic E-state index is 9.29. The molecule has 3 nitrogen and oxygen atoms in total. The number of phenolic OH excluding ortho intramolecular Hbond substituents is 1. The Bertz CT molecular complexity index is 558. The Morgan fingerprint density at radius 3 is 2.71 bits per heavy atom. The van der Waals surface area contributed by atoms with Gasteiger partial charge in [-0.1, -0.05) is 18.2 Å². The third-order valence-electron chi connectivity index (χ3n) is 2.28. The van der Waals surface area contributed by atoms with Gasteiger partial charge in [-0.15, -0.1) is 0 Å². The lowest BCUT2D eigenvalue weighted by atomic mass is 10.2. The molecule has 3 heteroatoms. The van der Waals surface area contributed by atoms with Crippen LogP contribution in [0.4, 0.5) is 0 Å². The number of nitriles is 1. The molecule has 0 spiro atoms. The normalized spacial score (nSPS) is 9.59. The summed E-state index contributed by atoms with van der Waals surface area (Å²) in [6.07, 6.45) is 0. The molecular formula is C14H11NO2. The Morgan fingerprint density at radius 1 is 1.12 bits per heavy atom. The van der Waals surface area contributed by atoms with Gasteiger partial charge in [0.2, 0.25) is 0 Å². The molecule has 0 saturated carbocycles. The zero-order chi connectivity index (χ0) is 12.1. The lowest BCUT2D eigenvalue weighted by Crippen LogP contribution is -1.95. The average Bonchev–Trinajstić information content (AvgIpc) is 2.37. The van der Waals surface area contributed by atoms with Crippen molar-refractivity contribution in [2.45, 2.75) is 6.61 Å². The second-order valence-electron chi connectivity index (χ2n) is 3.60. The van der Waals surface area contributed by atoms with Gasteiger partial charge in [0.05, 0.1) is 11.6 Å². The molecule has 0 fully saturated rings. The largest absolute Gasteiger partial charge is 0.508 e. The summed E-state index contributed by atoms with van der Waals surface area (Å²) in [5.74, 6) is 0.865. The Labute approximate surface area is 99.5 Å². The molecule has 0 aliphatic heterocycles. The Hall–Kier alpha value is -2.47. The quantitative estimate of drug-likeness (QED) is 0.873. The minimum atomic E-state index is 0.219. The first-order valence-corrected chi connectivity index (χ1v) is 5.19. The number of rotatable bonds is 3. The topological polar surface area (TPSA) is 53.2 Å². The van der Waals surface area contributed by atoms with Gasteiger partial charge >= 0.3 is 0 Å². The molecule has 1 N–H and O–H groups in total. The molecule has 0 atom stereocenters. The predicted molar refractivity (Wildman–Crippen MR) is 63.6 cm³/mol. The van der Waals surface area contributed by atoms with E-state index < -0.39 is 0 Å². The predicted octanol–water partition coefficient (Wildman–Crippen LogP) is 2.84. The molecule has 0 radical (unpaired) electrons. The average molecular weight is 225 g/mol. The number of benzene rings is 2. The van der Waals surface area contributed by atoms with E-state index in [1.807, 2.05) is 6.07 Å². The van der Waals surface area contributed by atoms with E-state index in [2.05, 4.69) is 6.07 Å². The van der Waals surface area contributed by atoms with Gasteiger partial charge in [0.1, 0.15) is 18.1 Å². The third kappa shape index (κ3) is 2.99. The molecule has 0 aliphatic rings. The van der Waals surface area contributed by atoms with E-state index in [0.717, 1.165) is 5.56 Å². The fraction of sp³-hybridized carbons (Fsp3) is 0.0714. The molecule has 17 heavy (non-hydrogen) atoms. The first-order valence-electron chi connectivity index (χ1n) is 5.19. The molecule has 0 unspecified atom stereocenters. The van der Waals surface area contributed by atoms with Crippen molar-refractivity contribution in [1.82, 2.24) is 0 Å². The summed E-state index contributed by atoms with van der Waals surface area (Å²) in [5.41, 5.74) is 1.45. The maximum Gasteiger partial charge on any atom is 0.121 e. The minimum Gasteiger partial charge on any atom is -0.508 e. The highest BCUT2D eigenvalue weighted by Gasteiger charge is 1.98. The van der Waals surface area contributed by atoms with Crippen molar-refractivity contribution in [3.05, 3.63) is 59.7 Å². The second-order valence-corrected chi connectivity index (χ2v) is 3.60. The second kappa shape index (κ2) is 5.04. The SMILES string of the molecule is N#Cc1cccc(OCc2cccc(O)c2)c1. The van der Waals surface area contributed by atoms with Crippen LogP contribution >= 0.6 is 0 Å². The van der Waals surface area contributed by atoms with Crippen molar-refractivity contribution in [3.8, 4) is 17.6 Å². The number of hydrogen-bond donors (Lipinski definition) is 1. The summed E-state index contributed by atoms with van der Waals surface area (Å²) in [7, 11) is 0. The summed E-state index contributed by atoms with van der Waals surface area (Å²) in [5, 5.41) is 18.0. The van der Waals surface area contributed by atoms with Gasteiger partial charge < -0.3 is 9.84 Å². The van der Waals surface area contributed by atoms with E-state index in [4.69, 9.17) is 10.00 Å². The van der Waals surface area contributed by atoms with Crippen molar-refractivity contribution in [1.29, 1.82) is 5.26 Å². The van der Waals surface area contributed by atoms with E-state index in [-0.39, 0.29) is 5.75 Å². The summed E-state index contributed by atoms with van der Waals surface area (Å²) in [4.78, 5) is 0. The van der Waals surface area contributed by atoms with Crippen molar-refractivity contribution in [3.63, 3.8) is 0 Å². The number of ether oxygens (including phenoxy) is 1. The maximum absolute atomic E-state index is 9.29. The summed E-state index contributed by atoms with van der Waals surface area (Å²) in [6.45, 7) is 0.364. The zero-order valence-electron chi connectivity index (χ0n) is 9.13. The standard InChI is InChI=1S/C14H11NO2/c15-9-11-3-2-6-14(8-11)17-10-12-4-1-5-13(16)7-12/h1-8,16H,10H2. The van der Waals surface area contributed by atoms with Gasteiger partial charge in [0.15, 0.2) is 0 Å². The molecule has 0 bridgehead atoms.